The van der Waals surface area contributed by atoms with Gasteiger partial charge < -0.3 is 19.3 Å². The van der Waals surface area contributed by atoms with Gasteiger partial charge in [-0.1, -0.05) is 12.1 Å². The standard InChI is InChI=1S/C19H21FO5/c1-13(12-23-2)25-18-10-15(19(21)22)9-17(11-18)24-8-7-14-3-5-16(20)6-4-14/h3-6,9-11,13H,7-8,12H2,1-2H3,(H,21,22)/t13-/m0/s1. The summed E-state index contributed by atoms with van der Waals surface area (Å²) in [7, 11) is 1.57. The number of rotatable bonds is 9. The second-order valence-electron chi connectivity index (χ2n) is 5.61. The van der Waals surface area contributed by atoms with E-state index in [1.165, 1.54) is 24.3 Å². The van der Waals surface area contributed by atoms with Gasteiger partial charge in [-0.3, -0.25) is 0 Å². The van der Waals surface area contributed by atoms with Gasteiger partial charge in [0, 0.05) is 19.6 Å². The Bertz CT molecular complexity index is 699. The van der Waals surface area contributed by atoms with Crippen LogP contribution in [0.4, 0.5) is 4.39 Å². The maximum absolute atomic E-state index is 12.9. The van der Waals surface area contributed by atoms with E-state index < -0.39 is 5.97 Å². The predicted octanol–water partition coefficient (Wildman–Crippen LogP) is 3.56. The van der Waals surface area contributed by atoms with Crippen molar-refractivity contribution in [2.45, 2.75) is 19.4 Å². The minimum atomic E-state index is -1.06. The van der Waals surface area contributed by atoms with Gasteiger partial charge in [0.2, 0.25) is 0 Å². The molecule has 1 atom stereocenters. The first kappa shape index (κ1) is 18.7. The van der Waals surface area contributed by atoms with Gasteiger partial charge in [-0.05, 0) is 36.8 Å². The number of carbonyl (C=O) groups is 1. The highest BCUT2D eigenvalue weighted by Crippen LogP contribution is 2.24. The molecule has 5 nitrogen and oxygen atoms in total. The number of hydrogen-bond acceptors (Lipinski definition) is 4. The first-order valence-electron chi connectivity index (χ1n) is 7.89. The molecular formula is C19H21FO5. The average molecular weight is 348 g/mol. The van der Waals surface area contributed by atoms with Gasteiger partial charge in [-0.15, -0.1) is 0 Å². The zero-order valence-electron chi connectivity index (χ0n) is 14.2. The molecule has 0 aliphatic rings. The minimum absolute atomic E-state index is 0.0823. The van der Waals surface area contributed by atoms with Gasteiger partial charge in [0.15, 0.2) is 0 Å². The quantitative estimate of drug-likeness (QED) is 0.751. The van der Waals surface area contributed by atoms with Crippen molar-refractivity contribution in [2.75, 3.05) is 20.3 Å². The summed E-state index contributed by atoms with van der Waals surface area (Å²) in [6.07, 6.45) is 0.356. The Labute approximate surface area is 146 Å². The first-order valence-corrected chi connectivity index (χ1v) is 7.89. The second-order valence-corrected chi connectivity index (χ2v) is 5.61. The zero-order chi connectivity index (χ0) is 18.2. The molecule has 0 radical (unpaired) electrons. The van der Waals surface area contributed by atoms with Crippen molar-refractivity contribution in [1.82, 2.24) is 0 Å². The molecule has 0 saturated carbocycles. The van der Waals surface area contributed by atoms with Crippen LogP contribution in [0.25, 0.3) is 0 Å². The van der Waals surface area contributed by atoms with Crippen molar-refractivity contribution < 1.29 is 28.5 Å². The molecule has 0 aliphatic carbocycles. The van der Waals surface area contributed by atoms with Crippen molar-refractivity contribution in [3.8, 4) is 11.5 Å². The molecule has 0 saturated heterocycles. The normalized spacial score (nSPS) is 11.8. The Kier molecular flexibility index (Phi) is 6.77. The molecule has 6 heteroatoms. The van der Waals surface area contributed by atoms with Crippen LogP contribution in [0, 0.1) is 5.82 Å². The van der Waals surface area contributed by atoms with Crippen molar-refractivity contribution in [1.29, 1.82) is 0 Å². The van der Waals surface area contributed by atoms with Gasteiger partial charge in [0.05, 0.1) is 18.8 Å². The van der Waals surface area contributed by atoms with Crippen LogP contribution in [0.2, 0.25) is 0 Å². The van der Waals surface area contributed by atoms with E-state index in [9.17, 15) is 14.3 Å². The number of methoxy groups -OCH3 is 1. The summed E-state index contributed by atoms with van der Waals surface area (Å²) in [5, 5.41) is 9.23. The maximum Gasteiger partial charge on any atom is 0.335 e. The van der Waals surface area contributed by atoms with Crippen LogP contribution in [0.1, 0.15) is 22.8 Å². The molecule has 2 aromatic rings. The minimum Gasteiger partial charge on any atom is -0.493 e. The molecule has 0 aromatic heterocycles. The molecule has 0 spiro atoms. The number of carboxylic acids is 1. The maximum atomic E-state index is 12.9. The molecular weight excluding hydrogens is 327 g/mol. The molecule has 0 bridgehead atoms. The SMILES string of the molecule is COC[C@H](C)Oc1cc(OCCc2ccc(F)cc2)cc(C(=O)O)c1. The Balaban J connectivity index is 2.03. The highest BCUT2D eigenvalue weighted by molar-refractivity contribution is 5.88. The highest BCUT2D eigenvalue weighted by Gasteiger charge is 2.11. The van der Waals surface area contributed by atoms with Crippen molar-refractivity contribution in [2.24, 2.45) is 0 Å². The lowest BCUT2D eigenvalue weighted by Crippen LogP contribution is -2.18. The fourth-order valence-corrected chi connectivity index (χ4v) is 2.29. The lowest BCUT2D eigenvalue weighted by atomic mass is 10.1. The van der Waals surface area contributed by atoms with Crippen LogP contribution in [0.5, 0.6) is 11.5 Å². The number of benzene rings is 2. The van der Waals surface area contributed by atoms with E-state index in [0.29, 0.717) is 31.1 Å². The van der Waals surface area contributed by atoms with Gasteiger partial charge in [-0.2, -0.15) is 0 Å². The molecule has 0 aliphatic heterocycles. The molecule has 25 heavy (non-hydrogen) atoms. The van der Waals surface area contributed by atoms with E-state index in [1.807, 2.05) is 6.92 Å². The van der Waals surface area contributed by atoms with E-state index >= 15 is 0 Å². The number of ether oxygens (including phenoxy) is 3. The van der Waals surface area contributed by atoms with Gasteiger partial charge in [0.25, 0.3) is 0 Å². The predicted molar refractivity (Wildman–Crippen MR) is 91.0 cm³/mol. The smallest absolute Gasteiger partial charge is 0.335 e. The van der Waals surface area contributed by atoms with E-state index in [2.05, 4.69) is 0 Å². The number of halogens is 1. The third kappa shape index (κ3) is 6.08. The number of hydrogen-bond donors (Lipinski definition) is 1. The van der Waals surface area contributed by atoms with Crippen LogP contribution < -0.4 is 9.47 Å². The topological polar surface area (TPSA) is 65.0 Å². The van der Waals surface area contributed by atoms with E-state index in [4.69, 9.17) is 14.2 Å². The Morgan fingerprint density at radius 1 is 1.16 bits per heavy atom. The largest absolute Gasteiger partial charge is 0.493 e. The zero-order valence-corrected chi connectivity index (χ0v) is 14.2. The molecule has 2 rings (SSSR count). The van der Waals surface area contributed by atoms with Crippen LogP contribution >= 0.6 is 0 Å². The summed E-state index contributed by atoms with van der Waals surface area (Å²) >= 11 is 0. The van der Waals surface area contributed by atoms with Gasteiger partial charge in [-0.25, -0.2) is 9.18 Å². The van der Waals surface area contributed by atoms with Crippen molar-refractivity contribution in [3.05, 3.63) is 59.4 Å². The summed E-state index contributed by atoms with van der Waals surface area (Å²) in [6.45, 7) is 2.55. The average Bonchev–Trinajstić information content (AvgIpc) is 2.56. The molecule has 0 amide bonds. The lowest BCUT2D eigenvalue weighted by molar-refractivity contribution is 0.0693. The monoisotopic (exact) mass is 348 g/mol. The van der Waals surface area contributed by atoms with E-state index in [-0.39, 0.29) is 17.5 Å². The fourth-order valence-electron chi connectivity index (χ4n) is 2.29. The third-order valence-electron chi connectivity index (χ3n) is 3.44. The summed E-state index contributed by atoms with van der Waals surface area (Å²) in [6, 6.07) is 10.7. The Morgan fingerprint density at radius 2 is 1.84 bits per heavy atom. The van der Waals surface area contributed by atoms with Crippen LogP contribution in [-0.4, -0.2) is 37.5 Å². The van der Waals surface area contributed by atoms with E-state index in [0.717, 1.165) is 5.56 Å². The van der Waals surface area contributed by atoms with Crippen molar-refractivity contribution in [3.63, 3.8) is 0 Å². The van der Waals surface area contributed by atoms with Gasteiger partial charge >= 0.3 is 5.97 Å². The molecule has 0 fully saturated rings. The highest BCUT2D eigenvalue weighted by atomic mass is 19.1. The van der Waals surface area contributed by atoms with Crippen LogP contribution in [-0.2, 0) is 11.2 Å². The molecule has 1 N–H and O–H groups in total. The number of aromatic carboxylic acids is 1. The van der Waals surface area contributed by atoms with Gasteiger partial charge in [0.1, 0.15) is 23.4 Å². The molecule has 2 aromatic carbocycles. The first-order chi connectivity index (χ1) is 12.0. The van der Waals surface area contributed by atoms with E-state index in [1.54, 1.807) is 25.3 Å². The molecule has 134 valence electrons. The summed E-state index contributed by atoms with van der Waals surface area (Å²) in [5.41, 5.74) is 1.01. The fraction of sp³-hybridized carbons (Fsp3) is 0.316. The summed E-state index contributed by atoms with van der Waals surface area (Å²) < 4.78 is 29.2. The summed E-state index contributed by atoms with van der Waals surface area (Å²) in [4.78, 5) is 11.3. The Morgan fingerprint density at radius 3 is 2.48 bits per heavy atom. The number of carboxylic acid groups (broad SMARTS) is 1. The van der Waals surface area contributed by atoms with Crippen molar-refractivity contribution >= 4 is 5.97 Å². The lowest BCUT2D eigenvalue weighted by Gasteiger charge is -2.15. The van der Waals surface area contributed by atoms with Crippen LogP contribution in [0.3, 0.4) is 0 Å². The third-order valence-corrected chi connectivity index (χ3v) is 3.44. The molecule has 0 heterocycles. The van der Waals surface area contributed by atoms with Crippen LogP contribution in [0.15, 0.2) is 42.5 Å². The molecule has 0 unspecified atom stereocenters. The summed E-state index contributed by atoms with van der Waals surface area (Å²) in [5.74, 6) is -0.540. The second kappa shape index (κ2) is 9.03. The Hall–Kier alpha value is -2.60.